The average molecular weight is 264 g/mol. The second kappa shape index (κ2) is 6.08. The first kappa shape index (κ1) is 13.2. The number of nitrogens with zero attached hydrogens (tertiary/aromatic N) is 2. The lowest BCUT2D eigenvalue weighted by molar-refractivity contribution is 0.416. The number of nitrogens with one attached hydrogen (secondary N) is 1. The van der Waals surface area contributed by atoms with Crippen LogP contribution in [0, 0.1) is 5.82 Å². The fourth-order valence-corrected chi connectivity index (χ4v) is 1.78. The monoisotopic (exact) mass is 264 g/mol. The van der Waals surface area contributed by atoms with Crippen molar-refractivity contribution in [3.8, 4) is 5.75 Å². The summed E-state index contributed by atoms with van der Waals surface area (Å²) in [5.41, 5.74) is 6.30. The zero-order chi connectivity index (χ0) is 13.7. The van der Waals surface area contributed by atoms with E-state index in [4.69, 9.17) is 10.5 Å². The molecule has 5 nitrogen and oxygen atoms in total. The van der Waals surface area contributed by atoms with E-state index in [0.717, 1.165) is 13.0 Å². The molecule has 0 aliphatic heterocycles. The summed E-state index contributed by atoms with van der Waals surface area (Å²) in [6.45, 7) is 1.43. The highest BCUT2D eigenvalue weighted by Gasteiger charge is 2.07. The molecule has 6 heteroatoms. The van der Waals surface area contributed by atoms with Crippen LogP contribution in [-0.4, -0.2) is 23.4 Å². The van der Waals surface area contributed by atoms with Gasteiger partial charge in [0.15, 0.2) is 0 Å². The molecule has 0 atom stereocenters. The molecule has 2 rings (SSSR count). The predicted octanol–water partition coefficient (Wildman–Crippen LogP) is 2.12. The maximum Gasteiger partial charge on any atom is 0.148 e. The summed E-state index contributed by atoms with van der Waals surface area (Å²) < 4.78 is 20.5. The molecule has 3 N–H and O–H groups in total. The van der Waals surface area contributed by atoms with Crippen LogP contribution in [0.15, 0.2) is 30.6 Å². The largest absolute Gasteiger partial charge is 0.495 e. The van der Waals surface area contributed by atoms with Crippen molar-refractivity contribution in [2.75, 3.05) is 24.7 Å². The van der Waals surface area contributed by atoms with Crippen molar-refractivity contribution in [1.82, 2.24) is 9.78 Å². The van der Waals surface area contributed by atoms with E-state index < -0.39 is 0 Å². The Balaban J connectivity index is 1.88. The molecule has 19 heavy (non-hydrogen) atoms. The van der Waals surface area contributed by atoms with Crippen LogP contribution in [0.5, 0.6) is 5.75 Å². The van der Waals surface area contributed by atoms with Gasteiger partial charge < -0.3 is 15.8 Å². The number of halogens is 1. The normalized spacial score (nSPS) is 10.4. The zero-order valence-corrected chi connectivity index (χ0v) is 10.8. The van der Waals surface area contributed by atoms with Crippen LogP contribution < -0.4 is 15.8 Å². The number of aromatic nitrogens is 2. The Morgan fingerprint density at radius 3 is 3.00 bits per heavy atom. The molecule has 0 unspecified atom stereocenters. The molecule has 0 spiro atoms. The number of benzene rings is 1. The van der Waals surface area contributed by atoms with E-state index in [1.54, 1.807) is 12.3 Å². The topological polar surface area (TPSA) is 65.1 Å². The molecule has 102 valence electrons. The van der Waals surface area contributed by atoms with Crippen molar-refractivity contribution in [2.45, 2.75) is 13.0 Å². The summed E-state index contributed by atoms with van der Waals surface area (Å²) in [6, 6.07) is 4.70. The van der Waals surface area contributed by atoms with Crippen LogP contribution >= 0.6 is 0 Å². The molecule has 0 aliphatic carbocycles. The fourth-order valence-electron chi connectivity index (χ4n) is 1.78. The minimum absolute atomic E-state index is 0.294. The van der Waals surface area contributed by atoms with Crippen LogP contribution in [-0.2, 0) is 6.54 Å². The molecule has 2 aromatic rings. The lowest BCUT2D eigenvalue weighted by Gasteiger charge is -2.11. The van der Waals surface area contributed by atoms with Crippen LogP contribution in [0.2, 0.25) is 0 Å². The standard InChI is InChI=1S/C13H17FN4O/c1-19-13-9-12(10(14)8-11(13)15)16-4-2-6-18-7-3-5-17-18/h3,5,7-9,16H,2,4,6,15H2,1H3. The van der Waals surface area contributed by atoms with Gasteiger partial charge in [-0.2, -0.15) is 5.10 Å². The molecule has 0 amide bonds. The molecule has 0 saturated carbocycles. The molecule has 0 bridgehead atoms. The van der Waals surface area contributed by atoms with Crippen LogP contribution in [0.1, 0.15) is 6.42 Å². The highest BCUT2D eigenvalue weighted by atomic mass is 19.1. The molecule has 1 heterocycles. The molecule has 0 fully saturated rings. The van der Waals surface area contributed by atoms with Gasteiger partial charge in [0.05, 0.1) is 18.5 Å². The first-order valence-corrected chi connectivity index (χ1v) is 6.05. The van der Waals surface area contributed by atoms with Gasteiger partial charge in [0.25, 0.3) is 0 Å². The van der Waals surface area contributed by atoms with Crippen LogP contribution in [0.3, 0.4) is 0 Å². The Morgan fingerprint density at radius 1 is 1.47 bits per heavy atom. The van der Waals surface area contributed by atoms with E-state index in [1.807, 2.05) is 16.9 Å². The van der Waals surface area contributed by atoms with Gasteiger partial charge in [-0.1, -0.05) is 0 Å². The third-order valence-electron chi connectivity index (χ3n) is 2.76. The van der Waals surface area contributed by atoms with Gasteiger partial charge in [-0.05, 0) is 12.5 Å². The van der Waals surface area contributed by atoms with E-state index in [1.165, 1.54) is 13.2 Å². The number of nitrogen functional groups attached to an aromatic ring is 1. The number of methoxy groups -OCH3 is 1. The summed E-state index contributed by atoms with van der Waals surface area (Å²) in [5, 5.41) is 7.12. The number of ether oxygens (including phenoxy) is 1. The van der Waals surface area contributed by atoms with E-state index in [0.29, 0.717) is 23.7 Å². The van der Waals surface area contributed by atoms with Gasteiger partial charge >= 0.3 is 0 Å². The van der Waals surface area contributed by atoms with Gasteiger partial charge in [-0.3, -0.25) is 4.68 Å². The number of hydrogen-bond donors (Lipinski definition) is 2. The quantitative estimate of drug-likeness (QED) is 0.619. The van der Waals surface area contributed by atoms with Gasteiger partial charge in [-0.25, -0.2) is 4.39 Å². The molecular formula is C13H17FN4O. The van der Waals surface area contributed by atoms with Crippen molar-refractivity contribution in [3.05, 3.63) is 36.4 Å². The Morgan fingerprint density at radius 2 is 2.32 bits per heavy atom. The molecule has 1 aromatic carbocycles. The van der Waals surface area contributed by atoms with E-state index >= 15 is 0 Å². The highest BCUT2D eigenvalue weighted by molar-refractivity contribution is 5.62. The van der Waals surface area contributed by atoms with E-state index in [9.17, 15) is 4.39 Å². The summed E-state index contributed by atoms with van der Waals surface area (Å²) in [6.07, 6.45) is 4.47. The van der Waals surface area contributed by atoms with Crippen LogP contribution in [0.25, 0.3) is 0 Å². The average Bonchev–Trinajstić information content (AvgIpc) is 2.90. The Hall–Kier alpha value is -2.24. The van der Waals surface area contributed by atoms with E-state index in [2.05, 4.69) is 10.4 Å². The van der Waals surface area contributed by atoms with Crippen molar-refractivity contribution in [3.63, 3.8) is 0 Å². The second-order valence-electron chi connectivity index (χ2n) is 4.12. The van der Waals surface area contributed by atoms with Gasteiger partial charge in [0, 0.05) is 37.6 Å². The summed E-state index contributed by atoms with van der Waals surface area (Å²) in [7, 11) is 1.51. The SMILES string of the molecule is COc1cc(NCCCn2cccn2)c(F)cc1N. The molecule has 1 aromatic heterocycles. The number of anilines is 2. The minimum atomic E-state index is -0.377. The Bertz CT molecular complexity index is 528. The van der Waals surface area contributed by atoms with Gasteiger partial charge in [0.1, 0.15) is 11.6 Å². The summed E-state index contributed by atoms with van der Waals surface area (Å²) >= 11 is 0. The van der Waals surface area contributed by atoms with Gasteiger partial charge in [-0.15, -0.1) is 0 Å². The number of hydrogen-bond acceptors (Lipinski definition) is 4. The predicted molar refractivity (Wildman–Crippen MR) is 72.7 cm³/mol. The number of aryl methyl sites for hydroxylation is 1. The maximum atomic E-state index is 13.7. The molecule has 0 aliphatic rings. The lowest BCUT2D eigenvalue weighted by Crippen LogP contribution is -2.08. The minimum Gasteiger partial charge on any atom is -0.495 e. The highest BCUT2D eigenvalue weighted by Crippen LogP contribution is 2.28. The third kappa shape index (κ3) is 3.37. The molecular weight excluding hydrogens is 247 g/mol. The first-order valence-electron chi connectivity index (χ1n) is 6.05. The van der Waals surface area contributed by atoms with Crippen molar-refractivity contribution in [2.24, 2.45) is 0 Å². The second-order valence-corrected chi connectivity index (χ2v) is 4.12. The number of rotatable bonds is 6. The fraction of sp³-hybridized carbons (Fsp3) is 0.308. The molecule has 0 radical (unpaired) electrons. The van der Waals surface area contributed by atoms with Crippen molar-refractivity contribution < 1.29 is 9.13 Å². The summed E-state index contributed by atoms with van der Waals surface area (Å²) in [5.74, 6) is 0.0911. The van der Waals surface area contributed by atoms with Crippen molar-refractivity contribution >= 4 is 11.4 Å². The van der Waals surface area contributed by atoms with E-state index in [-0.39, 0.29) is 5.82 Å². The lowest BCUT2D eigenvalue weighted by atomic mass is 10.2. The summed E-state index contributed by atoms with van der Waals surface area (Å²) in [4.78, 5) is 0. The maximum absolute atomic E-state index is 13.7. The Kier molecular flexibility index (Phi) is 4.22. The molecule has 0 saturated heterocycles. The smallest absolute Gasteiger partial charge is 0.148 e. The Labute approximate surface area is 111 Å². The van der Waals surface area contributed by atoms with Crippen molar-refractivity contribution in [1.29, 1.82) is 0 Å². The number of nitrogens with two attached hydrogens (primary N) is 1. The zero-order valence-electron chi connectivity index (χ0n) is 10.8. The first-order chi connectivity index (χ1) is 9.20. The van der Waals surface area contributed by atoms with Crippen LogP contribution in [0.4, 0.5) is 15.8 Å². The third-order valence-corrected chi connectivity index (χ3v) is 2.76. The van der Waals surface area contributed by atoms with Gasteiger partial charge in [0.2, 0.25) is 0 Å².